The average molecular weight is 249 g/mol. The van der Waals surface area contributed by atoms with Gasteiger partial charge in [0.2, 0.25) is 0 Å². The van der Waals surface area contributed by atoms with Crippen molar-refractivity contribution in [3.05, 3.63) is 18.0 Å². The lowest BCUT2D eigenvalue weighted by Crippen LogP contribution is -2.43. The van der Waals surface area contributed by atoms with Gasteiger partial charge in [-0.25, -0.2) is 0 Å². The van der Waals surface area contributed by atoms with Gasteiger partial charge in [0.15, 0.2) is 0 Å². The first-order chi connectivity index (χ1) is 8.43. The lowest BCUT2D eigenvalue weighted by molar-refractivity contribution is 0.0899. The number of nitrogens with two attached hydrogens (primary N) is 1. The molecule has 0 bridgehead atoms. The highest BCUT2D eigenvalue weighted by molar-refractivity contribution is 5.94. The molecule has 0 radical (unpaired) electrons. The van der Waals surface area contributed by atoms with Gasteiger partial charge in [-0.3, -0.25) is 4.79 Å². The van der Waals surface area contributed by atoms with E-state index in [0.29, 0.717) is 17.4 Å². The van der Waals surface area contributed by atoms with Crippen molar-refractivity contribution >= 4 is 11.6 Å². The smallest absolute Gasteiger partial charge is 0.268 e. The third-order valence-corrected chi connectivity index (χ3v) is 3.37. The summed E-state index contributed by atoms with van der Waals surface area (Å²) < 4.78 is 2.02. The van der Waals surface area contributed by atoms with E-state index in [1.165, 1.54) is 0 Å². The van der Waals surface area contributed by atoms with Gasteiger partial charge in [-0.15, -0.1) is 0 Å². The Balaban J connectivity index is 2.13. The molecule has 1 aliphatic carbocycles. The molecule has 0 atom stereocenters. The summed E-state index contributed by atoms with van der Waals surface area (Å²) >= 11 is 0. The highest BCUT2D eigenvalue weighted by atomic mass is 16.2. The van der Waals surface area contributed by atoms with E-state index in [2.05, 4.69) is 26.1 Å². The number of hydrogen-bond acceptors (Lipinski definition) is 2. The molecule has 2 rings (SSSR count). The molecule has 1 amide bonds. The van der Waals surface area contributed by atoms with E-state index in [9.17, 15) is 4.79 Å². The number of hydrogen-bond donors (Lipinski definition) is 2. The predicted molar refractivity (Wildman–Crippen MR) is 73.6 cm³/mol. The third kappa shape index (κ3) is 2.86. The summed E-state index contributed by atoms with van der Waals surface area (Å²) in [4.78, 5) is 12.3. The van der Waals surface area contributed by atoms with Crippen LogP contribution in [0, 0.1) is 0 Å². The van der Waals surface area contributed by atoms with Crippen LogP contribution in [-0.4, -0.2) is 16.0 Å². The van der Waals surface area contributed by atoms with Crippen LogP contribution in [0.5, 0.6) is 0 Å². The zero-order chi connectivity index (χ0) is 13.3. The maximum Gasteiger partial charge on any atom is 0.268 e. The number of nitrogens with one attached hydrogen (secondary N) is 1. The van der Waals surface area contributed by atoms with Gasteiger partial charge in [0.05, 0.1) is 5.69 Å². The molecule has 1 saturated carbocycles. The molecule has 0 aliphatic heterocycles. The Hall–Kier alpha value is -1.45. The van der Waals surface area contributed by atoms with Crippen molar-refractivity contribution in [3.8, 4) is 0 Å². The van der Waals surface area contributed by atoms with Gasteiger partial charge in [0.1, 0.15) is 5.69 Å². The number of carbonyl (C=O) groups is 1. The van der Waals surface area contributed by atoms with Crippen molar-refractivity contribution in [2.24, 2.45) is 0 Å². The van der Waals surface area contributed by atoms with Gasteiger partial charge in [-0.05, 0) is 39.2 Å². The largest absolute Gasteiger partial charge is 0.397 e. The topological polar surface area (TPSA) is 60.1 Å². The Kier molecular flexibility index (Phi) is 3.37. The molecule has 1 aliphatic rings. The monoisotopic (exact) mass is 249 g/mol. The van der Waals surface area contributed by atoms with Crippen molar-refractivity contribution in [1.82, 2.24) is 9.88 Å². The zero-order valence-corrected chi connectivity index (χ0v) is 11.5. The van der Waals surface area contributed by atoms with E-state index in [-0.39, 0.29) is 11.4 Å². The summed E-state index contributed by atoms with van der Waals surface area (Å²) in [5.74, 6) is -0.0166. The summed E-state index contributed by atoms with van der Waals surface area (Å²) in [6.45, 7) is 6.24. The molecule has 3 N–H and O–H groups in total. The first kappa shape index (κ1) is 13.0. The maximum absolute atomic E-state index is 12.3. The van der Waals surface area contributed by atoms with Crippen LogP contribution in [0.3, 0.4) is 0 Å². The number of carbonyl (C=O) groups excluding carboxylic acids is 1. The molecule has 0 spiro atoms. The second-order valence-electron chi connectivity index (χ2n) is 5.89. The molecule has 1 heterocycles. The Bertz CT molecular complexity index is 444. The van der Waals surface area contributed by atoms with E-state index in [0.717, 1.165) is 25.7 Å². The molecule has 0 unspecified atom stereocenters. The SMILES string of the molecule is CCCC(C)(C)NC(=O)c1cc(N)cn1C1CC1. The number of anilines is 1. The highest BCUT2D eigenvalue weighted by Crippen LogP contribution is 2.37. The van der Waals surface area contributed by atoms with Gasteiger partial charge < -0.3 is 15.6 Å². The molecular formula is C14H23N3O. The molecule has 4 nitrogen and oxygen atoms in total. The quantitative estimate of drug-likeness (QED) is 0.843. The summed E-state index contributed by atoms with van der Waals surface area (Å²) in [7, 11) is 0. The van der Waals surface area contributed by atoms with Gasteiger partial charge in [-0.2, -0.15) is 0 Å². The second kappa shape index (κ2) is 4.67. The molecule has 100 valence electrons. The molecule has 4 heteroatoms. The Morgan fingerprint density at radius 2 is 2.22 bits per heavy atom. The number of aromatic nitrogens is 1. The van der Waals surface area contributed by atoms with Crippen molar-refractivity contribution in [2.75, 3.05) is 5.73 Å². The fraction of sp³-hybridized carbons (Fsp3) is 0.643. The standard InChI is InChI=1S/C14H23N3O/c1-4-7-14(2,3)16-13(18)12-8-10(15)9-17(12)11-5-6-11/h8-9,11H,4-7,15H2,1-3H3,(H,16,18). The minimum atomic E-state index is -0.167. The lowest BCUT2D eigenvalue weighted by atomic mass is 9.99. The fourth-order valence-corrected chi connectivity index (χ4v) is 2.40. The number of amides is 1. The number of nitrogens with zero attached hydrogens (tertiary/aromatic N) is 1. The summed E-state index contributed by atoms with van der Waals surface area (Å²) in [6, 6.07) is 2.24. The van der Waals surface area contributed by atoms with Crippen molar-refractivity contribution < 1.29 is 4.79 Å². The van der Waals surface area contributed by atoms with Gasteiger partial charge in [0.25, 0.3) is 5.91 Å². The summed E-state index contributed by atoms with van der Waals surface area (Å²) in [6.07, 6.45) is 6.19. The van der Waals surface area contributed by atoms with Crippen LogP contribution < -0.4 is 11.1 Å². The van der Waals surface area contributed by atoms with Crippen LogP contribution in [0.2, 0.25) is 0 Å². The van der Waals surface area contributed by atoms with Crippen LogP contribution in [-0.2, 0) is 0 Å². The van der Waals surface area contributed by atoms with Crippen LogP contribution in [0.4, 0.5) is 5.69 Å². The Labute approximate surface area is 109 Å². The van der Waals surface area contributed by atoms with Crippen LogP contribution in [0.1, 0.15) is 63.0 Å². The molecule has 1 aromatic heterocycles. The van der Waals surface area contributed by atoms with Gasteiger partial charge >= 0.3 is 0 Å². The summed E-state index contributed by atoms with van der Waals surface area (Å²) in [5, 5.41) is 3.09. The van der Waals surface area contributed by atoms with E-state index < -0.39 is 0 Å². The molecule has 18 heavy (non-hydrogen) atoms. The number of nitrogen functional groups attached to an aromatic ring is 1. The van der Waals surface area contributed by atoms with E-state index in [1.54, 1.807) is 6.07 Å². The summed E-state index contributed by atoms with van der Waals surface area (Å²) in [5.41, 5.74) is 7.00. The highest BCUT2D eigenvalue weighted by Gasteiger charge is 2.29. The van der Waals surface area contributed by atoms with Crippen LogP contribution in [0.15, 0.2) is 12.3 Å². The molecular weight excluding hydrogens is 226 g/mol. The lowest BCUT2D eigenvalue weighted by Gasteiger charge is -2.26. The normalized spacial score (nSPS) is 15.7. The third-order valence-electron chi connectivity index (χ3n) is 3.37. The molecule has 0 saturated heterocycles. The zero-order valence-electron chi connectivity index (χ0n) is 11.5. The van der Waals surface area contributed by atoms with Gasteiger partial charge in [0, 0.05) is 17.8 Å². The van der Waals surface area contributed by atoms with Crippen molar-refractivity contribution in [3.63, 3.8) is 0 Å². The van der Waals surface area contributed by atoms with Gasteiger partial charge in [-0.1, -0.05) is 13.3 Å². The van der Waals surface area contributed by atoms with E-state index in [1.807, 2.05) is 10.8 Å². The minimum Gasteiger partial charge on any atom is -0.397 e. The van der Waals surface area contributed by atoms with E-state index >= 15 is 0 Å². The molecule has 1 aromatic rings. The first-order valence-corrected chi connectivity index (χ1v) is 6.73. The van der Waals surface area contributed by atoms with Crippen LogP contribution in [0.25, 0.3) is 0 Å². The van der Waals surface area contributed by atoms with Crippen molar-refractivity contribution in [1.29, 1.82) is 0 Å². The molecule has 1 fully saturated rings. The Morgan fingerprint density at radius 1 is 1.56 bits per heavy atom. The van der Waals surface area contributed by atoms with E-state index in [4.69, 9.17) is 5.73 Å². The maximum atomic E-state index is 12.3. The predicted octanol–water partition coefficient (Wildman–Crippen LogP) is 2.71. The second-order valence-corrected chi connectivity index (χ2v) is 5.89. The molecule has 0 aromatic carbocycles. The minimum absolute atomic E-state index is 0.0166. The fourth-order valence-electron chi connectivity index (χ4n) is 2.40. The van der Waals surface area contributed by atoms with Crippen molar-refractivity contribution in [2.45, 2.75) is 58.0 Å². The number of rotatable bonds is 5. The van der Waals surface area contributed by atoms with Crippen LogP contribution >= 0.6 is 0 Å². The first-order valence-electron chi connectivity index (χ1n) is 6.73. The average Bonchev–Trinajstić information content (AvgIpc) is 3.01. The Morgan fingerprint density at radius 3 is 2.78 bits per heavy atom.